The van der Waals surface area contributed by atoms with Crippen molar-refractivity contribution < 1.29 is 4.74 Å². The highest BCUT2D eigenvalue weighted by Crippen LogP contribution is 2.36. The Hall–Kier alpha value is -0.120. The number of hydrogen-bond acceptors (Lipinski definition) is 3. The van der Waals surface area contributed by atoms with Crippen LogP contribution in [0.25, 0.3) is 0 Å². The Balaban J connectivity index is 1.89. The van der Waals surface area contributed by atoms with Crippen LogP contribution in [0, 0.1) is 16.7 Å². The van der Waals surface area contributed by atoms with E-state index in [1.165, 1.54) is 45.3 Å². The summed E-state index contributed by atoms with van der Waals surface area (Å²) in [6, 6.07) is 0. The van der Waals surface area contributed by atoms with E-state index in [2.05, 4.69) is 37.9 Å². The van der Waals surface area contributed by atoms with Gasteiger partial charge in [-0.15, -0.1) is 0 Å². The smallest absolute Gasteiger partial charge is 0.0547 e. The predicted octanol–water partition coefficient (Wildman–Crippen LogP) is 3.15. The fourth-order valence-electron chi connectivity index (χ4n) is 4.01. The topological polar surface area (TPSA) is 24.5 Å². The summed E-state index contributed by atoms with van der Waals surface area (Å²) >= 11 is 0. The third kappa shape index (κ3) is 4.94. The van der Waals surface area contributed by atoms with Crippen molar-refractivity contribution >= 4 is 0 Å². The third-order valence-electron chi connectivity index (χ3n) is 5.54. The molecule has 1 N–H and O–H groups in total. The summed E-state index contributed by atoms with van der Waals surface area (Å²) in [5.74, 6) is 0.882. The van der Waals surface area contributed by atoms with Crippen molar-refractivity contribution in [3.63, 3.8) is 0 Å². The molecule has 0 spiro atoms. The molecule has 0 radical (unpaired) electrons. The molecule has 0 bridgehead atoms. The van der Waals surface area contributed by atoms with Crippen LogP contribution in [0.2, 0.25) is 0 Å². The first kappa shape index (κ1) is 17.2. The van der Waals surface area contributed by atoms with E-state index >= 15 is 0 Å². The van der Waals surface area contributed by atoms with Gasteiger partial charge in [-0.05, 0) is 56.7 Å². The van der Waals surface area contributed by atoms with E-state index in [4.69, 9.17) is 4.74 Å². The lowest BCUT2D eigenvalue weighted by atomic mass is 9.77. The zero-order valence-corrected chi connectivity index (χ0v) is 14.7. The van der Waals surface area contributed by atoms with Crippen LogP contribution < -0.4 is 5.32 Å². The minimum atomic E-state index is 0.359. The van der Waals surface area contributed by atoms with Crippen LogP contribution in [0.3, 0.4) is 0 Å². The second-order valence-corrected chi connectivity index (χ2v) is 8.35. The second-order valence-electron chi connectivity index (χ2n) is 8.35. The van der Waals surface area contributed by atoms with Crippen molar-refractivity contribution in [2.75, 3.05) is 45.9 Å². The molecule has 3 nitrogen and oxygen atoms in total. The first-order valence-corrected chi connectivity index (χ1v) is 8.96. The molecule has 0 aromatic heterocycles. The molecule has 0 aliphatic carbocycles. The van der Waals surface area contributed by atoms with Crippen molar-refractivity contribution in [3.05, 3.63) is 0 Å². The highest BCUT2D eigenvalue weighted by molar-refractivity contribution is 4.89. The maximum absolute atomic E-state index is 5.74. The molecule has 124 valence electrons. The lowest BCUT2D eigenvalue weighted by Crippen LogP contribution is -2.45. The van der Waals surface area contributed by atoms with E-state index in [0.717, 1.165) is 32.2 Å². The van der Waals surface area contributed by atoms with E-state index in [0.29, 0.717) is 10.8 Å². The van der Waals surface area contributed by atoms with Gasteiger partial charge < -0.3 is 15.0 Å². The van der Waals surface area contributed by atoms with Crippen molar-refractivity contribution in [3.8, 4) is 0 Å². The number of likely N-dealkylation sites (tertiary alicyclic amines) is 1. The van der Waals surface area contributed by atoms with Crippen molar-refractivity contribution in [2.45, 2.75) is 53.4 Å². The molecule has 2 heterocycles. The average Bonchev–Trinajstić information content (AvgIpc) is 2.73. The molecule has 0 aromatic carbocycles. The van der Waals surface area contributed by atoms with Gasteiger partial charge in [0.1, 0.15) is 0 Å². The van der Waals surface area contributed by atoms with Gasteiger partial charge in [0.2, 0.25) is 0 Å². The summed E-state index contributed by atoms with van der Waals surface area (Å²) in [5, 5.41) is 3.56. The summed E-state index contributed by atoms with van der Waals surface area (Å²) in [6.45, 7) is 17.3. The highest BCUT2D eigenvalue weighted by atomic mass is 16.5. The van der Waals surface area contributed by atoms with Gasteiger partial charge in [-0.2, -0.15) is 0 Å². The van der Waals surface area contributed by atoms with Gasteiger partial charge >= 0.3 is 0 Å². The van der Waals surface area contributed by atoms with Gasteiger partial charge in [0, 0.05) is 25.1 Å². The van der Waals surface area contributed by atoms with E-state index in [1.54, 1.807) is 0 Å². The number of nitrogens with zero attached hydrogens (tertiary/aromatic N) is 1. The summed E-state index contributed by atoms with van der Waals surface area (Å²) in [5.41, 5.74) is 0.825. The van der Waals surface area contributed by atoms with E-state index < -0.39 is 0 Å². The normalized spacial score (nSPS) is 32.3. The molecule has 0 aromatic rings. The largest absolute Gasteiger partial charge is 0.381 e. The lowest BCUT2D eigenvalue weighted by Gasteiger charge is -2.34. The Morgan fingerprint density at radius 2 is 2.05 bits per heavy atom. The molecule has 21 heavy (non-hydrogen) atoms. The summed E-state index contributed by atoms with van der Waals surface area (Å²) < 4.78 is 5.74. The molecule has 2 unspecified atom stereocenters. The summed E-state index contributed by atoms with van der Waals surface area (Å²) in [6.07, 6.45) is 5.34. The van der Waals surface area contributed by atoms with Gasteiger partial charge in [0.05, 0.1) is 6.61 Å². The second kappa shape index (κ2) is 7.43. The van der Waals surface area contributed by atoms with Crippen LogP contribution >= 0.6 is 0 Å². The molecule has 0 amide bonds. The molecular formula is C18H36N2O. The minimum Gasteiger partial charge on any atom is -0.381 e. The quantitative estimate of drug-likeness (QED) is 0.843. The molecule has 2 aliphatic rings. The molecule has 2 saturated heterocycles. The number of hydrogen-bond donors (Lipinski definition) is 1. The number of ether oxygens (including phenoxy) is 1. The fourth-order valence-corrected chi connectivity index (χ4v) is 4.01. The average molecular weight is 296 g/mol. The first-order chi connectivity index (χ1) is 9.95. The Bertz CT molecular complexity index is 305. The molecule has 2 aliphatic heterocycles. The summed E-state index contributed by atoms with van der Waals surface area (Å²) in [4.78, 5) is 2.72. The van der Waals surface area contributed by atoms with Crippen LogP contribution in [0.4, 0.5) is 0 Å². The van der Waals surface area contributed by atoms with Crippen LogP contribution in [-0.4, -0.2) is 50.8 Å². The summed E-state index contributed by atoms with van der Waals surface area (Å²) in [7, 11) is 0. The van der Waals surface area contributed by atoms with E-state index in [1.807, 2.05) is 0 Å². The van der Waals surface area contributed by atoms with Crippen LogP contribution in [0.5, 0.6) is 0 Å². The zero-order chi connectivity index (χ0) is 15.3. The third-order valence-corrected chi connectivity index (χ3v) is 5.54. The number of rotatable bonds is 5. The molecule has 2 fully saturated rings. The standard InChI is InChI=1S/C18H36N2O/c1-5-19-13-18(9-12-21-15-18)14-20-10-6-7-16(8-11-20)17(2,3)4/h16,19H,5-15H2,1-4H3. The molecule has 0 saturated carbocycles. The Kier molecular flexibility index (Phi) is 6.10. The highest BCUT2D eigenvalue weighted by Gasteiger charge is 2.37. The van der Waals surface area contributed by atoms with Crippen molar-refractivity contribution in [1.82, 2.24) is 10.2 Å². The first-order valence-electron chi connectivity index (χ1n) is 8.96. The van der Waals surface area contributed by atoms with Crippen LogP contribution in [-0.2, 0) is 4.74 Å². The molecule has 3 heteroatoms. The van der Waals surface area contributed by atoms with Crippen LogP contribution in [0.15, 0.2) is 0 Å². The van der Waals surface area contributed by atoms with E-state index in [-0.39, 0.29) is 0 Å². The molecule has 2 rings (SSSR count). The van der Waals surface area contributed by atoms with Gasteiger partial charge in [-0.25, -0.2) is 0 Å². The van der Waals surface area contributed by atoms with Gasteiger partial charge in [-0.1, -0.05) is 27.7 Å². The van der Waals surface area contributed by atoms with Crippen molar-refractivity contribution in [2.24, 2.45) is 16.7 Å². The number of nitrogens with one attached hydrogen (secondary N) is 1. The van der Waals surface area contributed by atoms with E-state index in [9.17, 15) is 0 Å². The van der Waals surface area contributed by atoms with Gasteiger partial charge in [-0.3, -0.25) is 0 Å². The van der Waals surface area contributed by atoms with Crippen molar-refractivity contribution in [1.29, 1.82) is 0 Å². The molecular weight excluding hydrogens is 260 g/mol. The fraction of sp³-hybridized carbons (Fsp3) is 1.00. The Morgan fingerprint density at radius 1 is 1.24 bits per heavy atom. The zero-order valence-electron chi connectivity index (χ0n) is 14.7. The lowest BCUT2D eigenvalue weighted by molar-refractivity contribution is 0.108. The maximum Gasteiger partial charge on any atom is 0.0547 e. The predicted molar refractivity (Wildman–Crippen MR) is 89.6 cm³/mol. The van der Waals surface area contributed by atoms with Crippen LogP contribution in [0.1, 0.15) is 53.4 Å². The molecule has 2 atom stereocenters. The Morgan fingerprint density at radius 3 is 2.67 bits per heavy atom. The van der Waals surface area contributed by atoms with Gasteiger partial charge in [0.25, 0.3) is 0 Å². The SMILES string of the molecule is CCNCC1(CN2CCCC(C(C)(C)C)CC2)CCOC1. The minimum absolute atomic E-state index is 0.359. The maximum atomic E-state index is 5.74. The monoisotopic (exact) mass is 296 g/mol. The van der Waals surface area contributed by atoms with Gasteiger partial charge in [0.15, 0.2) is 0 Å². The Labute approximate surface area is 131 Å².